The van der Waals surface area contributed by atoms with Crippen LogP contribution in [0.2, 0.25) is 0 Å². The smallest absolute Gasteiger partial charge is 0.339 e. The Bertz CT molecular complexity index is 1090. The van der Waals surface area contributed by atoms with Crippen molar-refractivity contribution in [2.75, 3.05) is 4.90 Å². The normalized spacial score (nSPS) is 17.8. The van der Waals surface area contributed by atoms with Gasteiger partial charge >= 0.3 is 11.9 Å². The van der Waals surface area contributed by atoms with E-state index in [-0.39, 0.29) is 11.1 Å². The predicted octanol–water partition coefficient (Wildman–Crippen LogP) is 3.62. The van der Waals surface area contributed by atoms with E-state index in [1.54, 1.807) is 60.7 Å². The molecular weight excluding hydrogens is 525 g/mol. The van der Waals surface area contributed by atoms with Crippen molar-refractivity contribution < 1.29 is 28.7 Å². The van der Waals surface area contributed by atoms with Crippen molar-refractivity contribution in [2.24, 2.45) is 0 Å². The molecule has 1 aliphatic heterocycles. The van der Waals surface area contributed by atoms with Crippen LogP contribution < -0.4 is 4.90 Å². The third-order valence-electron chi connectivity index (χ3n) is 4.77. The van der Waals surface area contributed by atoms with Gasteiger partial charge in [-0.15, -0.1) is 0 Å². The van der Waals surface area contributed by atoms with E-state index in [0.717, 1.165) is 8.47 Å². The first-order valence-corrected chi connectivity index (χ1v) is 10.7. The zero-order valence-electron chi connectivity index (χ0n) is 16.5. The van der Waals surface area contributed by atoms with Crippen LogP contribution in [-0.2, 0) is 19.1 Å². The monoisotopic (exact) mass is 541 g/mol. The average molecular weight is 541 g/mol. The van der Waals surface area contributed by atoms with Crippen molar-refractivity contribution in [1.82, 2.24) is 0 Å². The number of hydrogen-bond donors (Lipinski definition) is 0. The average Bonchev–Trinajstić information content (AvgIpc) is 3.04. The molecule has 1 saturated heterocycles. The minimum Gasteiger partial charge on any atom is -0.444 e. The number of ether oxygens (including phenoxy) is 2. The van der Waals surface area contributed by atoms with E-state index < -0.39 is 36.0 Å². The van der Waals surface area contributed by atoms with E-state index in [1.807, 2.05) is 0 Å². The van der Waals surface area contributed by atoms with Gasteiger partial charge in [0.05, 0.1) is 16.8 Å². The lowest BCUT2D eigenvalue weighted by molar-refractivity contribution is -0.130. The Labute approximate surface area is 197 Å². The summed E-state index contributed by atoms with van der Waals surface area (Å²) in [5.41, 5.74) is 0.696. The van der Waals surface area contributed by atoms with Crippen molar-refractivity contribution in [3.8, 4) is 0 Å². The number of rotatable bonds is 5. The van der Waals surface area contributed by atoms with Crippen LogP contribution in [0.3, 0.4) is 0 Å². The molecule has 3 aromatic carbocycles. The maximum atomic E-state index is 13.1. The third-order valence-corrected chi connectivity index (χ3v) is 5.49. The van der Waals surface area contributed by atoms with Crippen LogP contribution in [0.5, 0.6) is 0 Å². The van der Waals surface area contributed by atoms with Gasteiger partial charge in [0, 0.05) is 3.57 Å². The fourth-order valence-electron chi connectivity index (χ4n) is 3.21. The summed E-state index contributed by atoms with van der Waals surface area (Å²) in [6.45, 7) is 0. The molecule has 4 rings (SSSR count). The van der Waals surface area contributed by atoms with Crippen molar-refractivity contribution in [1.29, 1.82) is 0 Å². The minimum absolute atomic E-state index is 0.202. The largest absolute Gasteiger partial charge is 0.444 e. The number of carbonyl (C=O) groups excluding carboxylic acids is 4. The Morgan fingerprint density at radius 2 is 1.06 bits per heavy atom. The summed E-state index contributed by atoms with van der Waals surface area (Å²) >= 11 is 2.10. The highest BCUT2D eigenvalue weighted by molar-refractivity contribution is 14.1. The Kier molecular flexibility index (Phi) is 6.31. The second-order valence-corrected chi connectivity index (χ2v) is 8.12. The molecule has 3 aromatic rings. The summed E-state index contributed by atoms with van der Waals surface area (Å²) < 4.78 is 11.7. The maximum Gasteiger partial charge on any atom is 0.339 e. The van der Waals surface area contributed by atoms with Crippen molar-refractivity contribution in [3.63, 3.8) is 0 Å². The quantitative estimate of drug-likeness (QED) is 0.279. The molecule has 1 heterocycles. The molecule has 7 nitrogen and oxygen atoms in total. The number of anilines is 1. The number of halogens is 1. The first kappa shape index (κ1) is 21.7. The molecule has 0 saturated carbocycles. The molecule has 8 heteroatoms. The molecule has 0 N–H and O–H groups in total. The van der Waals surface area contributed by atoms with E-state index in [0.29, 0.717) is 5.69 Å². The molecule has 1 aliphatic rings. The number of benzene rings is 3. The molecule has 32 heavy (non-hydrogen) atoms. The number of amides is 2. The van der Waals surface area contributed by atoms with E-state index >= 15 is 0 Å². The number of nitrogens with zero attached hydrogens (tertiary/aromatic N) is 1. The Morgan fingerprint density at radius 3 is 1.47 bits per heavy atom. The molecule has 1 fully saturated rings. The van der Waals surface area contributed by atoms with E-state index in [4.69, 9.17) is 9.47 Å². The Hall–Kier alpha value is -3.53. The second kappa shape index (κ2) is 9.31. The molecule has 2 atom stereocenters. The van der Waals surface area contributed by atoms with Gasteiger partial charge in [0.15, 0.2) is 0 Å². The number of hydrogen-bond acceptors (Lipinski definition) is 6. The van der Waals surface area contributed by atoms with Gasteiger partial charge in [0.1, 0.15) is 0 Å². The predicted molar refractivity (Wildman–Crippen MR) is 123 cm³/mol. The summed E-state index contributed by atoms with van der Waals surface area (Å²) in [4.78, 5) is 52.3. The van der Waals surface area contributed by atoms with Gasteiger partial charge in [-0.1, -0.05) is 36.4 Å². The molecule has 0 unspecified atom stereocenters. The highest BCUT2D eigenvalue weighted by Gasteiger charge is 2.53. The lowest BCUT2D eigenvalue weighted by Gasteiger charge is -2.16. The second-order valence-electron chi connectivity index (χ2n) is 6.87. The van der Waals surface area contributed by atoms with Crippen molar-refractivity contribution >= 4 is 52.0 Å². The molecule has 0 aliphatic carbocycles. The van der Waals surface area contributed by atoms with Crippen LogP contribution >= 0.6 is 22.6 Å². The third kappa shape index (κ3) is 4.40. The van der Waals surface area contributed by atoms with Crippen LogP contribution in [-0.4, -0.2) is 36.0 Å². The molecule has 0 radical (unpaired) electrons. The van der Waals surface area contributed by atoms with Gasteiger partial charge in [0.2, 0.25) is 12.2 Å². The topological polar surface area (TPSA) is 90.0 Å². The van der Waals surface area contributed by atoms with E-state index in [2.05, 4.69) is 22.6 Å². The lowest BCUT2D eigenvalue weighted by Crippen LogP contribution is -2.37. The number of imide groups is 1. The summed E-state index contributed by atoms with van der Waals surface area (Å²) in [6.07, 6.45) is -3.22. The highest BCUT2D eigenvalue weighted by atomic mass is 127. The molecular formula is C24H16INO6. The van der Waals surface area contributed by atoms with Gasteiger partial charge in [-0.05, 0) is 71.1 Å². The van der Waals surface area contributed by atoms with Crippen molar-refractivity contribution in [2.45, 2.75) is 12.2 Å². The number of carbonyl (C=O) groups is 4. The molecule has 0 aromatic heterocycles. The van der Waals surface area contributed by atoms with Crippen LogP contribution in [0.1, 0.15) is 20.7 Å². The molecule has 2 amide bonds. The lowest BCUT2D eigenvalue weighted by atomic mass is 10.2. The summed E-state index contributed by atoms with van der Waals surface area (Å²) in [7, 11) is 0. The first-order valence-electron chi connectivity index (χ1n) is 9.61. The van der Waals surface area contributed by atoms with Gasteiger partial charge in [-0.25, -0.2) is 14.5 Å². The van der Waals surface area contributed by atoms with Crippen molar-refractivity contribution in [3.05, 3.63) is 99.6 Å². The Balaban J connectivity index is 1.65. The van der Waals surface area contributed by atoms with E-state index in [9.17, 15) is 19.2 Å². The highest BCUT2D eigenvalue weighted by Crippen LogP contribution is 2.28. The summed E-state index contributed by atoms with van der Waals surface area (Å²) in [5, 5.41) is 0. The summed E-state index contributed by atoms with van der Waals surface area (Å²) in [5.74, 6) is -3.18. The maximum absolute atomic E-state index is 13.1. The molecule has 0 spiro atoms. The minimum atomic E-state index is -1.61. The standard InChI is InChI=1S/C24H16INO6/c25-17-11-13-18(14-12-17)26-21(27)19(31-23(29)15-7-3-1-4-8-15)20(22(26)28)32-24(30)16-9-5-2-6-10-16/h1-14,19-20H/t19-,20+. The van der Waals surface area contributed by atoms with Gasteiger partial charge in [-0.2, -0.15) is 0 Å². The van der Waals surface area contributed by atoms with Gasteiger partial charge in [0.25, 0.3) is 11.8 Å². The molecule has 160 valence electrons. The van der Waals surface area contributed by atoms with Gasteiger partial charge < -0.3 is 9.47 Å². The fraction of sp³-hybridized carbons (Fsp3) is 0.0833. The SMILES string of the molecule is O=C(O[C@@H]1C(=O)N(c2ccc(I)cc2)C(=O)[C@@H]1OC(=O)c1ccccc1)c1ccccc1. The number of esters is 2. The van der Waals surface area contributed by atoms with Crippen LogP contribution in [0.15, 0.2) is 84.9 Å². The van der Waals surface area contributed by atoms with Crippen LogP contribution in [0.4, 0.5) is 5.69 Å². The zero-order valence-corrected chi connectivity index (χ0v) is 18.7. The molecule has 0 bridgehead atoms. The summed E-state index contributed by atoms with van der Waals surface area (Å²) in [6, 6.07) is 22.7. The zero-order chi connectivity index (χ0) is 22.7. The fourth-order valence-corrected chi connectivity index (χ4v) is 3.57. The van der Waals surface area contributed by atoms with Gasteiger partial charge in [-0.3, -0.25) is 9.59 Å². The van der Waals surface area contributed by atoms with Crippen LogP contribution in [0.25, 0.3) is 0 Å². The van der Waals surface area contributed by atoms with E-state index in [1.165, 1.54) is 24.3 Å². The first-order chi connectivity index (χ1) is 15.5. The Morgan fingerprint density at radius 1 is 0.656 bits per heavy atom. The van der Waals surface area contributed by atoms with Crippen LogP contribution in [0, 0.1) is 3.57 Å².